The number of carbonyl (C=O) groups excluding carboxylic acids is 1. The number of H-pyrrole nitrogens is 1. The lowest BCUT2D eigenvalue weighted by atomic mass is 10.1. The van der Waals surface area contributed by atoms with E-state index in [0.29, 0.717) is 19.6 Å². The van der Waals surface area contributed by atoms with Gasteiger partial charge in [0.1, 0.15) is 18.4 Å². The number of fused-ring (bicyclic) bond motifs is 1. The molecule has 2 aromatic carbocycles. The molecule has 0 aliphatic heterocycles. The minimum atomic E-state index is -0.673. The maximum absolute atomic E-state index is 11.7. The molecule has 0 fully saturated rings. The quantitative estimate of drug-likeness (QED) is 0.619. The fraction of sp³-hybridized carbons (Fsp3) is 0.250. The van der Waals surface area contributed by atoms with Crippen LogP contribution in [0.1, 0.15) is 18.1 Å². The Balaban J connectivity index is 0.00000243. The van der Waals surface area contributed by atoms with E-state index in [2.05, 4.69) is 4.98 Å². The van der Waals surface area contributed by atoms with Crippen molar-refractivity contribution in [1.29, 1.82) is 0 Å². The van der Waals surface area contributed by atoms with Gasteiger partial charge in [-0.3, -0.25) is 4.79 Å². The van der Waals surface area contributed by atoms with Gasteiger partial charge in [0.25, 0.3) is 0 Å². The molecule has 0 spiro atoms. The zero-order valence-corrected chi connectivity index (χ0v) is 15.4. The van der Waals surface area contributed by atoms with Crippen LogP contribution in [0.15, 0.2) is 54.7 Å². The second kappa shape index (κ2) is 9.27. The van der Waals surface area contributed by atoms with Gasteiger partial charge in [-0.2, -0.15) is 0 Å². The Morgan fingerprint density at radius 1 is 1.19 bits per heavy atom. The summed E-state index contributed by atoms with van der Waals surface area (Å²) in [6.45, 7) is 2.61. The summed E-state index contributed by atoms with van der Waals surface area (Å²) in [6, 6.07) is 15.2. The predicted octanol–water partition coefficient (Wildman–Crippen LogP) is 3.60. The number of nitrogens with one attached hydrogen (secondary N) is 1. The summed E-state index contributed by atoms with van der Waals surface area (Å²) >= 11 is 0. The van der Waals surface area contributed by atoms with Crippen molar-refractivity contribution in [3.63, 3.8) is 0 Å². The van der Waals surface area contributed by atoms with Gasteiger partial charge in [-0.25, -0.2) is 0 Å². The number of hydrogen-bond acceptors (Lipinski definition) is 4. The first kappa shape index (κ1) is 19.8. The number of halogens is 1. The van der Waals surface area contributed by atoms with Crippen LogP contribution < -0.4 is 10.5 Å². The molecular weight excluding hydrogens is 352 g/mol. The molecule has 0 amide bonds. The number of hydrogen-bond donors (Lipinski definition) is 2. The third kappa shape index (κ3) is 4.77. The molecule has 0 saturated heterocycles. The van der Waals surface area contributed by atoms with E-state index in [9.17, 15) is 4.79 Å². The van der Waals surface area contributed by atoms with E-state index < -0.39 is 6.04 Å². The Morgan fingerprint density at radius 3 is 2.69 bits per heavy atom. The van der Waals surface area contributed by atoms with Gasteiger partial charge in [0.05, 0.1) is 6.61 Å². The zero-order valence-electron chi connectivity index (χ0n) is 14.6. The monoisotopic (exact) mass is 374 g/mol. The molecule has 3 rings (SSSR count). The fourth-order valence-corrected chi connectivity index (χ4v) is 2.73. The number of aromatic nitrogens is 1. The lowest BCUT2D eigenvalue weighted by Crippen LogP contribution is -2.34. The smallest absolute Gasteiger partial charge is 0.323 e. The normalized spacial score (nSPS) is 11.6. The highest BCUT2D eigenvalue weighted by molar-refractivity contribution is 5.86. The average Bonchev–Trinajstić information content (AvgIpc) is 3.03. The number of carbonyl (C=O) groups is 1. The van der Waals surface area contributed by atoms with Crippen LogP contribution in [0.3, 0.4) is 0 Å². The van der Waals surface area contributed by atoms with E-state index >= 15 is 0 Å². The van der Waals surface area contributed by atoms with Gasteiger partial charge >= 0.3 is 5.97 Å². The van der Waals surface area contributed by atoms with Crippen LogP contribution in [0.2, 0.25) is 0 Å². The molecule has 0 radical (unpaired) electrons. The second-order valence-electron chi connectivity index (χ2n) is 5.86. The standard InChI is InChI=1S/C20H22N2O3.ClH/c1-2-24-20(23)18(21)10-15-12-22-19-9-8-16(11-17(15)19)25-13-14-6-4-3-5-7-14;/h3-9,11-12,18,22H,2,10,13,21H2,1H3;1H. The van der Waals surface area contributed by atoms with Crippen molar-refractivity contribution < 1.29 is 14.3 Å². The van der Waals surface area contributed by atoms with Crippen molar-refractivity contribution in [2.45, 2.75) is 26.0 Å². The molecule has 6 heteroatoms. The van der Waals surface area contributed by atoms with Crippen molar-refractivity contribution in [3.05, 3.63) is 65.9 Å². The molecule has 3 aromatic rings. The molecule has 1 aromatic heterocycles. The van der Waals surface area contributed by atoms with Crippen molar-refractivity contribution in [2.24, 2.45) is 5.73 Å². The Hall–Kier alpha value is -2.50. The highest BCUT2D eigenvalue weighted by Gasteiger charge is 2.17. The van der Waals surface area contributed by atoms with E-state index in [1.165, 1.54) is 0 Å². The highest BCUT2D eigenvalue weighted by Crippen LogP contribution is 2.25. The average molecular weight is 375 g/mol. The summed E-state index contributed by atoms with van der Waals surface area (Å²) in [5.41, 5.74) is 9.01. The minimum Gasteiger partial charge on any atom is -0.489 e. The van der Waals surface area contributed by atoms with Gasteiger partial charge < -0.3 is 20.2 Å². The Kier molecular flexibility index (Phi) is 7.06. The molecule has 1 atom stereocenters. The van der Waals surface area contributed by atoms with Gasteiger partial charge in [-0.05, 0) is 36.2 Å². The van der Waals surface area contributed by atoms with Crippen LogP contribution >= 0.6 is 12.4 Å². The molecule has 3 N–H and O–H groups in total. The maximum Gasteiger partial charge on any atom is 0.323 e. The summed E-state index contributed by atoms with van der Waals surface area (Å²) in [5, 5.41) is 1.00. The molecule has 1 unspecified atom stereocenters. The van der Waals surface area contributed by atoms with E-state index in [-0.39, 0.29) is 18.4 Å². The van der Waals surface area contributed by atoms with E-state index in [0.717, 1.165) is 27.8 Å². The molecule has 0 bridgehead atoms. The zero-order chi connectivity index (χ0) is 17.6. The summed E-state index contributed by atoms with van der Waals surface area (Å²) in [4.78, 5) is 15.0. The predicted molar refractivity (Wildman–Crippen MR) is 105 cm³/mol. The maximum atomic E-state index is 11.7. The van der Waals surface area contributed by atoms with Gasteiger partial charge in [0.15, 0.2) is 0 Å². The first-order valence-electron chi connectivity index (χ1n) is 8.36. The molecular formula is C20H23ClN2O3. The molecule has 0 aliphatic rings. The van der Waals surface area contributed by atoms with Crippen LogP contribution in [-0.4, -0.2) is 23.6 Å². The van der Waals surface area contributed by atoms with Gasteiger partial charge in [0, 0.05) is 23.5 Å². The van der Waals surface area contributed by atoms with Crippen molar-refractivity contribution in [2.75, 3.05) is 6.61 Å². The summed E-state index contributed by atoms with van der Waals surface area (Å²) in [6.07, 6.45) is 2.30. The van der Waals surface area contributed by atoms with Crippen molar-refractivity contribution in [1.82, 2.24) is 4.98 Å². The molecule has 5 nitrogen and oxygen atoms in total. The highest BCUT2D eigenvalue weighted by atomic mass is 35.5. The topological polar surface area (TPSA) is 77.3 Å². The Morgan fingerprint density at radius 2 is 1.96 bits per heavy atom. The van der Waals surface area contributed by atoms with Crippen molar-refractivity contribution >= 4 is 29.3 Å². The van der Waals surface area contributed by atoms with Crippen molar-refractivity contribution in [3.8, 4) is 5.75 Å². The first-order chi connectivity index (χ1) is 12.2. The number of aromatic amines is 1. The fourth-order valence-electron chi connectivity index (χ4n) is 2.73. The van der Waals surface area contributed by atoms with E-state index in [1.54, 1.807) is 6.92 Å². The van der Waals surface area contributed by atoms with Gasteiger partial charge in [-0.15, -0.1) is 12.4 Å². The van der Waals surface area contributed by atoms with Crippen LogP contribution in [0.5, 0.6) is 5.75 Å². The molecule has 0 saturated carbocycles. The van der Waals surface area contributed by atoms with Crippen LogP contribution in [0.25, 0.3) is 10.9 Å². The second-order valence-corrected chi connectivity index (χ2v) is 5.86. The number of ether oxygens (including phenoxy) is 2. The van der Waals surface area contributed by atoms with Crippen LogP contribution in [0.4, 0.5) is 0 Å². The van der Waals surface area contributed by atoms with E-state index in [1.807, 2.05) is 54.7 Å². The molecule has 0 aliphatic carbocycles. The number of rotatable bonds is 7. The first-order valence-corrected chi connectivity index (χ1v) is 8.36. The summed E-state index contributed by atoms with van der Waals surface area (Å²) < 4.78 is 10.9. The molecule has 138 valence electrons. The SMILES string of the molecule is CCOC(=O)C(N)Cc1c[nH]c2ccc(OCc3ccccc3)cc12.Cl. The number of nitrogens with two attached hydrogens (primary N) is 1. The lowest BCUT2D eigenvalue weighted by Gasteiger charge is -2.10. The number of benzene rings is 2. The minimum absolute atomic E-state index is 0. The van der Waals surface area contributed by atoms with Crippen LogP contribution in [0, 0.1) is 0 Å². The number of esters is 1. The third-order valence-electron chi connectivity index (χ3n) is 4.02. The third-order valence-corrected chi connectivity index (χ3v) is 4.02. The largest absolute Gasteiger partial charge is 0.489 e. The van der Waals surface area contributed by atoms with Gasteiger partial charge in [0.2, 0.25) is 0 Å². The summed E-state index contributed by atoms with van der Waals surface area (Å²) in [7, 11) is 0. The Bertz CT molecular complexity index is 849. The van der Waals surface area contributed by atoms with Crippen LogP contribution in [-0.2, 0) is 22.6 Å². The molecule has 26 heavy (non-hydrogen) atoms. The lowest BCUT2D eigenvalue weighted by molar-refractivity contribution is -0.144. The molecule has 1 heterocycles. The van der Waals surface area contributed by atoms with Gasteiger partial charge in [-0.1, -0.05) is 30.3 Å². The van der Waals surface area contributed by atoms with E-state index in [4.69, 9.17) is 15.2 Å². The Labute approximate surface area is 158 Å². The summed E-state index contributed by atoms with van der Waals surface area (Å²) in [5.74, 6) is 0.398.